The number of hydrogen-bond acceptors (Lipinski definition) is 6. The van der Waals surface area contributed by atoms with Crippen molar-refractivity contribution in [3.8, 4) is 11.4 Å². The maximum atomic E-state index is 12.6. The third kappa shape index (κ3) is 2.59. The lowest BCUT2D eigenvalue weighted by molar-refractivity contribution is -0.159. The summed E-state index contributed by atoms with van der Waals surface area (Å²) < 4.78 is 41.9. The molecule has 1 saturated heterocycles. The van der Waals surface area contributed by atoms with Crippen molar-refractivity contribution in [2.24, 2.45) is 0 Å². The van der Waals surface area contributed by atoms with Gasteiger partial charge in [-0.05, 0) is 6.07 Å². The average molecular weight is 367 g/mol. The second-order valence-electron chi connectivity index (χ2n) is 6.15. The van der Waals surface area contributed by atoms with Gasteiger partial charge in [-0.2, -0.15) is 18.2 Å². The van der Waals surface area contributed by atoms with Crippen molar-refractivity contribution in [1.29, 1.82) is 0 Å². The van der Waals surface area contributed by atoms with Crippen molar-refractivity contribution in [3.63, 3.8) is 0 Å². The minimum atomic E-state index is -4.74. The summed E-state index contributed by atoms with van der Waals surface area (Å²) >= 11 is 0. The van der Waals surface area contributed by atoms with Crippen LogP contribution in [-0.4, -0.2) is 55.9 Å². The van der Waals surface area contributed by atoms with Crippen molar-refractivity contribution in [2.45, 2.75) is 25.7 Å². The van der Waals surface area contributed by atoms with Crippen molar-refractivity contribution in [2.75, 3.05) is 13.1 Å². The fourth-order valence-electron chi connectivity index (χ4n) is 2.97. The molecular weight excluding hydrogens is 355 g/mol. The monoisotopic (exact) mass is 367 g/mol. The molecular formula is C15H12F3N5O3. The van der Waals surface area contributed by atoms with Crippen LogP contribution in [0.4, 0.5) is 13.2 Å². The van der Waals surface area contributed by atoms with E-state index in [-0.39, 0.29) is 29.2 Å². The molecule has 0 spiro atoms. The Labute approximate surface area is 144 Å². The highest BCUT2D eigenvalue weighted by Gasteiger charge is 2.41. The van der Waals surface area contributed by atoms with Gasteiger partial charge in [0.1, 0.15) is 0 Å². The van der Waals surface area contributed by atoms with E-state index in [0.29, 0.717) is 30.9 Å². The quantitative estimate of drug-likeness (QED) is 0.795. The van der Waals surface area contributed by atoms with E-state index in [9.17, 15) is 22.8 Å². The van der Waals surface area contributed by atoms with Crippen LogP contribution in [0.25, 0.3) is 11.4 Å². The Morgan fingerprint density at radius 1 is 1.35 bits per heavy atom. The summed E-state index contributed by atoms with van der Waals surface area (Å²) in [6, 6.07) is 1.32. The highest BCUT2D eigenvalue weighted by Crippen LogP contribution is 2.32. The number of pyridine rings is 1. The van der Waals surface area contributed by atoms with Crippen LogP contribution in [0.2, 0.25) is 0 Å². The average Bonchev–Trinajstić information content (AvgIpc) is 3.11. The van der Waals surface area contributed by atoms with Crippen LogP contribution in [0.5, 0.6) is 0 Å². The van der Waals surface area contributed by atoms with Gasteiger partial charge in [0.05, 0.1) is 23.8 Å². The summed E-state index contributed by atoms with van der Waals surface area (Å²) in [5.41, 5.74) is 0.985. The number of halogens is 3. The SMILES string of the molecule is CC(=O)N1CC(N2Cc3ncc(-c4noc(C(F)(F)F)n4)cc3C2=O)C1. The number of carbonyl (C=O) groups is 2. The molecule has 2 amide bonds. The van der Waals surface area contributed by atoms with Crippen molar-refractivity contribution < 1.29 is 27.3 Å². The van der Waals surface area contributed by atoms with Gasteiger partial charge in [0.15, 0.2) is 0 Å². The normalized spacial score (nSPS) is 17.5. The van der Waals surface area contributed by atoms with Crippen LogP contribution in [-0.2, 0) is 17.5 Å². The predicted molar refractivity (Wildman–Crippen MR) is 78.4 cm³/mol. The molecule has 2 aromatic rings. The van der Waals surface area contributed by atoms with Crippen molar-refractivity contribution in [1.82, 2.24) is 24.9 Å². The van der Waals surface area contributed by atoms with E-state index in [1.165, 1.54) is 19.2 Å². The van der Waals surface area contributed by atoms with Gasteiger partial charge < -0.3 is 14.3 Å². The van der Waals surface area contributed by atoms with Gasteiger partial charge in [-0.1, -0.05) is 5.16 Å². The Balaban J connectivity index is 1.55. The molecule has 0 bridgehead atoms. The van der Waals surface area contributed by atoms with Crippen LogP contribution >= 0.6 is 0 Å². The number of amides is 2. The minimum absolute atomic E-state index is 0.0524. The number of nitrogens with zero attached hydrogens (tertiary/aromatic N) is 5. The standard InChI is InChI=1S/C15H12F3N5O3/c1-7(24)22-4-9(5-22)23-6-11-10(13(23)25)2-8(3-19-11)12-20-14(26-21-12)15(16,17)18/h2-3,9H,4-6H2,1H3. The first-order valence-electron chi connectivity index (χ1n) is 7.70. The molecule has 4 heterocycles. The predicted octanol–water partition coefficient (Wildman–Crippen LogP) is 1.34. The number of likely N-dealkylation sites (tertiary alicyclic amines) is 1. The zero-order valence-electron chi connectivity index (χ0n) is 13.4. The van der Waals surface area contributed by atoms with Gasteiger partial charge in [0, 0.05) is 31.8 Å². The van der Waals surface area contributed by atoms with Crippen molar-refractivity contribution in [3.05, 3.63) is 29.4 Å². The van der Waals surface area contributed by atoms with Gasteiger partial charge in [-0.25, -0.2) is 0 Å². The lowest BCUT2D eigenvalue weighted by atomic mass is 10.1. The Bertz CT molecular complexity index is 904. The summed E-state index contributed by atoms with van der Waals surface area (Å²) in [4.78, 5) is 34.6. The molecule has 2 aliphatic rings. The highest BCUT2D eigenvalue weighted by molar-refractivity contribution is 5.99. The van der Waals surface area contributed by atoms with E-state index >= 15 is 0 Å². The van der Waals surface area contributed by atoms with Gasteiger partial charge in [0.2, 0.25) is 11.7 Å². The topological polar surface area (TPSA) is 92.4 Å². The summed E-state index contributed by atoms with van der Waals surface area (Å²) in [6.07, 6.45) is -3.43. The fraction of sp³-hybridized carbons (Fsp3) is 0.400. The minimum Gasteiger partial charge on any atom is -0.339 e. The highest BCUT2D eigenvalue weighted by atomic mass is 19.4. The lowest BCUT2D eigenvalue weighted by Crippen LogP contribution is -2.60. The molecule has 0 saturated carbocycles. The molecule has 136 valence electrons. The Kier molecular flexibility index (Phi) is 3.49. The maximum Gasteiger partial charge on any atom is 0.471 e. The number of carbonyl (C=O) groups excluding carboxylic acids is 2. The van der Waals surface area contributed by atoms with E-state index in [1.807, 2.05) is 0 Å². The molecule has 11 heteroatoms. The molecule has 0 atom stereocenters. The summed E-state index contributed by atoms with van der Waals surface area (Å²) in [6.45, 7) is 2.68. The number of fused-ring (bicyclic) bond motifs is 1. The number of hydrogen-bond donors (Lipinski definition) is 0. The number of rotatable bonds is 2. The van der Waals surface area contributed by atoms with Crippen LogP contribution in [0, 0.1) is 0 Å². The van der Waals surface area contributed by atoms with E-state index < -0.39 is 12.1 Å². The molecule has 0 radical (unpaired) electrons. The van der Waals surface area contributed by atoms with E-state index in [0.717, 1.165) is 0 Å². The summed E-state index contributed by atoms with van der Waals surface area (Å²) in [7, 11) is 0. The Hall–Kier alpha value is -2.98. The number of aromatic nitrogens is 3. The Morgan fingerprint density at radius 3 is 2.69 bits per heavy atom. The second-order valence-corrected chi connectivity index (χ2v) is 6.15. The first-order valence-corrected chi connectivity index (χ1v) is 7.70. The summed E-state index contributed by atoms with van der Waals surface area (Å²) in [5, 5.41) is 3.30. The molecule has 0 aliphatic carbocycles. The molecule has 0 N–H and O–H groups in total. The fourth-order valence-corrected chi connectivity index (χ4v) is 2.97. The molecule has 0 unspecified atom stereocenters. The third-order valence-corrected chi connectivity index (χ3v) is 4.46. The van der Waals surface area contributed by atoms with E-state index in [1.54, 1.807) is 9.80 Å². The maximum absolute atomic E-state index is 12.6. The molecule has 4 rings (SSSR count). The van der Waals surface area contributed by atoms with E-state index in [2.05, 4.69) is 19.6 Å². The van der Waals surface area contributed by atoms with Crippen LogP contribution < -0.4 is 0 Å². The largest absolute Gasteiger partial charge is 0.471 e. The zero-order chi connectivity index (χ0) is 18.6. The van der Waals surface area contributed by atoms with Gasteiger partial charge in [-0.15, -0.1) is 0 Å². The van der Waals surface area contributed by atoms with Crippen LogP contribution in [0.1, 0.15) is 28.9 Å². The summed E-state index contributed by atoms with van der Waals surface area (Å²) in [5.74, 6) is -2.07. The Morgan fingerprint density at radius 2 is 2.08 bits per heavy atom. The molecule has 0 aromatic carbocycles. The van der Waals surface area contributed by atoms with Crippen LogP contribution in [0.3, 0.4) is 0 Å². The first-order chi connectivity index (χ1) is 12.2. The van der Waals surface area contributed by atoms with Gasteiger partial charge >= 0.3 is 12.1 Å². The van der Waals surface area contributed by atoms with Gasteiger partial charge in [-0.3, -0.25) is 14.6 Å². The molecule has 8 nitrogen and oxygen atoms in total. The number of alkyl halides is 3. The van der Waals surface area contributed by atoms with E-state index in [4.69, 9.17) is 0 Å². The molecule has 1 fully saturated rings. The van der Waals surface area contributed by atoms with Crippen LogP contribution in [0.15, 0.2) is 16.8 Å². The second kappa shape index (κ2) is 5.51. The third-order valence-electron chi connectivity index (χ3n) is 4.46. The zero-order valence-corrected chi connectivity index (χ0v) is 13.4. The molecule has 2 aliphatic heterocycles. The van der Waals surface area contributed by atoms with Crippen molar-refractivity contribution >= 4 is 11.8 Å². The lowest BCUT2D eigenvalue weighted by Gasteiger charge is -2.43. The molecule has 26 heavy (non-hydrogen) atoms. The first kappa shape index (κ1) is 16.5. The molecule has 2 aromatic heterocycles. The van der Waals surface area contributed by atoms with Gasteiger partial charge in [0.25, 0.3) is 5.91 Å². The smallest absolute Gasteiger partial charge is 0.339 e.